The molecule has 2 heteroatoms. The van der Waals surface area contributed by atoms with Gasteiger partial charge < -0.3 is 0 Å². The number of benzene rings is 1. The van der Waals surface area contributed by atoms with Crippen molar-refractivity contribution in [3.8, 4) is 0 Å². The number of carbonyl (C=O) groups is 1. The predicted octanol–water partition coefficient (Wildman–Crippen LogP) is 3.71. The SMILES string of the molecule is O=C(CC1CCC1)c1cccc(Cl)c1. The Bertz CT molecular complexity index is 342. The third kappa shape index (κ3) is 2.16. The number of hydrogen-bond donors (Lipinski definition) is 0. The van der Waals surface area contributed by atoms with Crippen molar-refractivity contribution in [3.05, 3.63) is 34.9 Å². The molecule has 0 aliphatic heterocycles. The van der Waals surface area contributed by atoms with Crippen molar-refractivity contribution in [2.75, 3.05) is 0 Å². The van der Waals surface area contributed by atoms with E-state index >= 15 is 0 Å². The summed E-state index contributed by atoms with van der Waals surface area (Å²) in [6.45, 7) is 0. The van der Waals surface area contributed by atoms with E-state index < -0.39 is 0 Å². The number of Topliss-reactive ketones (excluding diaryl/α,β-unsaturated/α-hetero) is 1. The van der Waals surface area contributed by atoms with Gasteiger partial charge >= 0.3 is 0 Å². The first-order valence-corrected chi connectivity index (χ1v) is 5.42. The Morgan fingerprint density at radius 2 is 2.21 bits per heavy atom. The topological polar surface area (TPSA) is 17.1 Å². The molecule has 0 amide bonds. The lowest BCUT2D eigenvalue weighted by molar-refractivity contribution is 0.0936. The molecule has 0 N–H and O–H groups in total. The van der Waals surface area contributed by atoms with Gasteiger partial charge in [-0.3, -0.25) is 4.79 Å². The summed E-state index contributed by atoms with van der Waals surface area (Å²) in [4.78, 5) is 11.7. The molecule has 1 fully saturated rings. The number of carbonyl (C=O) groups excluding carboxylic acids is 1. The van der Waals surface area contributed by atoms with E-state index in [2.05, 4.69) is 0 Å². The van der Waals surface area contributed by atoms with Crippen molar-refractivity contribution in [2.24, 2.45) is 5.92 Å². The van der Waals surface area contributed by atoms with Crippen LogP contribution in [0.1, 0.15) is 36.0 Å². The number of ketones is 1. The van der Waals surface area contributed by atoms with Crippen LogP contribution in [0.2, 0.25) is 5.02 Å². The molecule has 0 saturated heterocycles. The van der Waals surface area contributed by atoms with E-state index in [4.69, 9.17) is 11.6 Å². The van der Waals surface area contributed by atoms with E-state index in [1.165, 1.54) is 19.3 Å². The maximum absolute atomic E-state index is 11.7. The summed E-state index contributed by atoms with van der Waals surface area (Å²) in [5, 5.41) is 0.643. The summed E-state index contributed by atoms with van der Waals surface area (Å²) in [5.41, 5.74) is 0.754. The molecule has 14 heavy (non-hydrogen) atoms. The normalized spacial score (nSPS) is 16.4. The van der Waals surface area contributed by atoms with Crippen molar-refractivity contribution in [1.82, 2.24) is 0 Å². The van der Waals surface area contributed by atoms with Crippen molar-refractivity contribution in [2.45, 2.75) is 25.7 Å². The Balaban J connectivity index is 2.02. The summed E-state index contributed by atoms with van der Waals surface area (Å²) >= 11 is 5.82. The van der Waals surface area contributed by atoms with Crippen LogP contribution < -0.4 is 0 Å². The second kappa shape index (κ2) is 4.14. The van der Waals surface area contributed by atoms with Gasteiger partial charge in [0.15, 0.2) is 5.78 Å². The Hall–Kier alpha value is -0.820. The van der Waals surface area contributed by atoms with Crippen molar-refractivity contribution >= 4 is 17.4 Å². The zero-order chi connectivity index (χ0) is 9.97. The van der Waals surface area contributed by atoms with Gasteiger partial charge in [-0.1, -0.05) is 43.0 Å². The highest BCUT2D eigenvalue weighted by Crippen LogP contribution is 2.30. The average molecular weight is 209 g/mol. The largest absolute Gasteiger partial charge is 0.294 e. The van der Waals surface area contributed by atoms with E-state index in [1.807, 2.05) is 12.1 Å². The molecule has 0 aromatic heterocycles. The highest BCUT2D eigenvalue weighted by atomic mass is 35.5. The van der Waals surface area contributed by atoms with Gasteiger partial charge in [0.1, 0.15) is 0 Å². The molecule has 1 aliphatic rings. The maximum atomic E-state index is 11.7. The summed E-state index contributed by atoms with van der Waals surface area (Å²) < 4.78 is 0. The van der Waals surface area contributed by atoms with E-state index in [9.17, 15) is 4.79 Å². The minimum absolute atomic E-state index is 0.234. The highest BCUT2D eigenvalue weighted by molar-refractivity contribution is 6.31. The van der Waals surface area contributed by atoms with E-state index in [-0.39, 0.29) is 5.78 Å². The second-order valence-corrected chi connectivity index (χ2v) is 4.37. The van der Waals surface area contributed by atoms with Crippen LogP contribution in [0, 0.1) is 5.92 Å². The van der Waals surface area contributed by atoms with Crippen molar-refractivity contribution in [3.63, 3.8) is 0 Å². The number of hydrogen-bond acceptors (Lipinski definition) is 1. The lowest BCUT2D eigenvalue weighted by Gasteiger charge is -2.24. The Labute approximate surface area is 89.1 Å². The van der Waals surface area contributed by atoms with Crippen LogP contribution in [0.25, 0.3) is 0 Å². The van der Waals surface area contributed by atoms with Crippen LogP contribution in [0.4, 0.5) is 0 Å². The van der Waals surface area contributed by atoms with Gasteiger partial charge in [-0.05, 0) is 18.1 Å². The fraction of sp³-hybridized carbons (Fsp3) is 0.417. The molecule has 0 bridgehead atoms. The molecule has 0 radical (unpaired) electrons. The molecule has 0 atom stereocenters. The summed E-state index contributed by atoms with van der Waals surface area (Å²) in [5.74, 6) is 0.860. The molecule has 1 nitrogen and oxygen atoms in total. The van der Waals surface area contributed by atoms with Crippen molar-refractivity contribution < 1.29 is 4.79 Å². The van der Waals surface area contributed by atoms with Gasteiger partial charge in [-0.15, -0.1) is 0 Å². The third-order valence-electron chi connectivity index (χ3n) is 2.85. The zero-order valence-corrected chi connectivity index (χ0v) is 8.76. The Morgan fingerprint density at radius 3 is 2.79 bits per heavy atom. The van der Waals surface area contributed by atoms with Gasteiger partial charge in [0, 0.05) is 17.0 Å². The highest BCUT2D eigenvalue weighted by Gasteiger charge is 2.21. The molecule has 1 aliphatic carbocycles. The van der Waals surface area contributed by atoms with Crippen molar-refractivity contribution in [1.29, 1.82) is 0 Å². The zero-order valence-electron chi connectivity index (χ0n) is 8.00. The molecular weight excluding hydrogens is 196 g/mol. The first-order chi connectivity index (χ1) is 6.75. The molecule has 1 aromatic carbocycles. The quantitative estimate of drug-likeness (QED) is 0.692. The fourth-order valence-corrected chi connectivity index (χ4v) is 1.93. The van der Waals surface area contributed by atoms with E-state index in [0.29, 0.717) is 17.4 Å². The van der Waals surface area contributed by atoms with Gasteiger partial charge in [0.05, 0.1) is 0 Å². The van der Waals surface area contributed by atoms with E-state index in [1.54, 1.807) is 12.1 Å². The second-order valence-electron chi connectivity index (χ2n) is 3.93. The predicted molar refractivity (Wildman–Crippen MR) is 57.7 cm³/mol. The van der Waals surface area contributed by atoms with Gasteiger partial charge in [-0.2, -0.15) is 0 Å². The summed E-state index contributed by atoms with van der Waals surface area (Å²) in [6, 6.07) is 7.22. The van der Waals surface area contributed by atoms with Crippen LogP contribution in [-0.4, -0.2) is 5.78 Å². The molecular formula is C12H13ClO. The molecule has 1 saturated carbocycles. The van der Waals surface area contributed by atoms with Crippen LogP contribution in [-0.2, 0) is 0 Å². The average Bonchev–Trinajstić information content (AvgIpc) is 2.11. The molecule has 2 rings (SSSR count). The molecule has 0 unspecified atom stereocenters. The molecule has 74 valence electrons. The van der Waals surface area contributed by atoms with Crippen LogP contribution in [0.5, 0.6) is 0 Å². The maximum Gasteiger partial charge on any atom is 0.163 e. The van der Waals surface area contributed by atoms with Crippen LogP contribution >= 0.6 is 11.6 Å². The minimum atomic E-state index is 0.234. The summed E-state index contributed by atoms with van der Waals surface area (Å²) in [7, 11) is 0. The molecule has 0 heterocycles. The van der Waals surface area contributed by atoms with Gasteiger partial charge in [0.2, 0.25) is 0 Å². The fourth-order valence-electron chi connectivity index (χ4n) is 1.74. The number of rotatable bonds is 3. The first kappa shape index (κ1) is 9.72. The van der Waals surface area contributed by atoms with E-state index in [0.717, 1.165) is 5.56 Å². The smallest absolute Gasteiger partial charge is 0.163 e. The molecule has 0 spiro atoms. The lowest BCUT2D eigenvalue weighted by atomic mass is 9.81. The third-order valence-corrected chi connectivity index (χ3v) is 3.08. The minimum Gasteiger partial charge on any atom is -0.294 e. The summed E-state index contributed by atoms with van der Waals surface area (Å²) in [6.07, 6.45) is 4.41. The number of halogens is 1. The standard InChI is InChI=1S/C12H13ClO/c13-11-6-2-5-10(8-11)12(14)7-9-3-1-4-9/h2,5-6,8-9H,1,3-4,7H2. The first-order valence-electron chi connectivity index (χ1n) is 5.04. The van der Waals surface area contributed by atoms with Gasteiger partial charge in [-0.25, -0.2) is 0 Å². The van der Waals surface area contributed by atoms with Gasteiger partial charge in [0.25, 0.3) is 0 Å². The monoisotopic (exact) mass is 208 g/mol. The Kier molecular flexibility index (Phi) is 2.87. The lowest BCUT2D eigenvalue weighted by Crippen LogP contribution is -2.15. The Morgan fingerprint density at radius 1 is 1.43 bits per heavy atom. The van der Waals surface area contributed by atoms with Crippen LogP contribution in [0.15, 0.2) is 24.3 Å². The molecule has 1 aromatic rings. The van der Waals surface area contributed by atoms with Crippen LogP contribution in [0.3, 0.4) is 0 Å².